The molecule has 27 heavy (non-hydrogen) atoms. The number of hydrogen-bond donors (Lipinski definition) is 0. The maximum Gasteiger partial charge on any atom is 0.416 e. The van der Waals surface area contributed by atoms with Crippen LogP contribution in [0.4, 0.5) is 13.2 Å². The molecule has 0 unspecified atom stereocenters. The smallest absolute Gasteiger partial charge is 0.416 e. The fourth-order valence-electron chi connectivity index (χ4n) is 2.71. The van der Waals surface area contributed by atoms with Gasteiger partial charge in [-0.2, -0.15) is 13.2 Å². The zero-order valence-corrected chi connectivity index (χ0v) is 14.0. The zero-order valence-electron chi connectivity index (χ0n) is 14.0. The number of benzene rings is 1. The highest BCUT2D eigenvalue weighted by atomic mass is 19.4. The Morgan fingerprint density at radius 1 is 1.26 bits per heavy atom. The molecule has 2 aromatic heterocycles. The number of hydrogen-bond acceptors (Lipinski definition) is 4. The maximum absolute atomic E-state index is 13.1. The number of nitrogens with zero attached hydrogens (tertiary/aromatic N) is 3. The number of pyridine rings is 1. The molecule has 0 bridgehead atoms. The van der Waals surface area contributed by atoms with Crippen LogP contribution in [0, 0.1) is 5.92 Å². The summed E-state index contributed by atoms with van der Waals surface area (Å²) in [7, 11) is 0. The summed E-state index contributed by atoms with van der Waals surface area (Å²) < 4.78 is 45.6. The first-order valence-electron chi connectivity index (χ1n) is 8.30. The normalized spacial score (nSPS) is 16.0. The highest BCUT2D eigenvalue weighted by molar-refractivity contribution is 6.01. The number of rotatable bonds is 4. The Bertz CT molecular complexity index is 1150. The third-order valence-corrected chi connectivity index (χ3v) is 4.26. The molecule has 138 valence electrons. The van der Waals surface area contributed by atoms with E-state index >= 15 is 0 Å². The van der Waals surface area contributed by atoms with Crippen LogP contribution < -0.4 is 5.56 Å². The third kappa shape index (κ3) is 3.42. The average molecular weight is 373 g/mol. The second-order valence-corrected chi connectivity index (χ2v) is 6.25. The van der Waals surface area contributed by atoms with Gasteiger partial charge >= 0.3 is 6.18 Å². The Labute approximate surface area is 151 Å². The SMILES string of the molecule is O=c1c2ncoc2c2ccc(C(F)(F)F)cc2n1/C=C/C=C\N=CC1CC1. The van der Waals surface area contributed by atoms with Crippen LogP contribution in [0.25, 0.3) is 28.2 Å². The largest absolute Gasteiger partial charge is 0.443 e. The molecule has 1 saturated carbocycles. The van der Waals surface area contributed by atoms with E-state index in [1.165, 1.54) is 18.3 Å². The van der Waals surface area contributed by atoms with Gasteiger partial charge < -0.3 is 4.42 Å². The molecular formula is C19H14F3N3O2. The van der Waals surface area contributed by atoms with Gasteiger partial charge in [-0.1, -0.05) is 0 Å². The van der Waals surface area contributed by atoms with Gasteiger partial charge in [0.05, 0.1) is 11.1 Å². The van der Waals surface area contributed by atoms with Crippen molar-refractivity contribution >= 4 is 34.4 Å². The minimum Gasteiger partial charge on any atom is -0.443 e. The van der Waals surface area contributed by atoms with Gasteiger partial charge in [-0.3, -0.25) is 14.4 Å². The summed E-state index contributed by atoms with van der Waals surface area (Å²) in [5, 5.41) is 0.371. The molecule has 0 saturated heterocycles. The fourth-order valence-corrected chi connectivity index (χ4v) is 2.71. The zero-order chi connectivity index (χ0) is 19.0. The van der Waals surface area contributed by atoms with Crippen molar-refractivity contribution in [1.29, 1.82) is 0 Å². The molecule has 0 atom stereocenters. The molecule has 1 fully saturated rings. The molecule has 0 amide bonds. The lowest BCUT2D eigenvalue weighted by Crippen LogP contribution is -2.17. The highest BCUT2D eigenvalue weighted by Crippen LogP contribution is 2.33. The van der Waals surface area contributed by atoms with Crippen molar-refractivity contribution < 1.29 is 17.6 Å². The summed E-state index contributed by atoms with van der Waals surface area (Å²) in [6, 6.07) is 3.17. The van der Waals surface area contributed by atoms with Gasteiger partial charge in [0.2, 0.25) is 0 Å². The summed E-state index contributed by atoms with van der Waals surface area (Å²) in [4.78, 5) is 20.6. The van der Waals surface area contributed by atoms with Crippen molar-refractivity contribution in [2.24, 2.45) is 10.9 Å². The van der Waals surface area contributed by atoms with E-state index in [0.29, 0.717) is 11.3 Å². The van der Waals surface area contributed by atoms with Crippen molar-refractivity contribution in [3.63, 3.8) is 0 Å². The van der Waals surface area contributed by atoms with E-state index in [1.54, 1.807) is 12.3 Å². The van der Waals surface area contributed by atoms with E-state index in [2.05, 4.69) is 9.98 Å². The molecule has 2 heterocycles. The standard InChI is InChI=1S/C19H14F3N3O2/c20-19(21,22)13-5-6-14-15(9-13)25(18(26)16-17(14)27-11-24-16)8-2-1-7-23-10-12-3-4-12/h1-2,5-12H,3-4H2/b7-1-,8-2+,23-10?. The van der Waals surface area contributed by atoms with E-state index < -0.39 is 17.3 Å². The van der Waals surface area contributed by atoms with Crippen LogP contribution in [-0.2, 0) is 6.18 Å². The Morgan fingerprint density at radius 3 is 2.81 bits per heavy atom. The monoisotopic (exact) mass is 373 g/mol. The van der Waals surface area contributed by atoms with Crippen LogP contribution in [0.1, 0.15) is 18.4 Å². The molecule has 1 aliphatic carbocycles. The van der Waals surface area contributed by atoms with E-state index in [9.17, 15) is 18.0 Å². The lowest BCUT2D eigenvalue weighted by molar-refractivity contribution is -0.137. The number of oxazole rings is 1. The summed E-state index contributed by atoms with van der Waals surface area (Å²) in [6.07, 6.45) is 6.83. The number of alkyl halides is 3. The first kappa shape index (κ1) is 17.3. The van der Waals surface area contributed by atoms with E-state index in [-0.39, 0.29) is 16.6 Å². The minimum absolute atomic E-state index is 0.0580. The molecule has 8 heteroatoms. The molecule has 3 aromatic rings. The Morgan fingerprint density at radius 2 is 2.07 bits per heavy atom. The van der Waals surface area contributed by atoms with Gasteiger partial charge in [0.25, 0.3) is 5.56 Å². The average Bonchev–Trinajstić information content (AvgIpc) is 3.32. The number of allylic oxidation sites excluding steroid dienone is 2. The van der Waals surface area contributed by atoms with E-state index in [0.717, 1.165) is 35.9 Å². The Balaban J connectivity index is 1.82. The van der Waals surface area contributed by atoms with Crippen molar-refractivity contribution in [1.82, 2.24) is 9.55 Å². The highest BCUT2D eigenvalue weighted by Gasteiger charge is 2.31. The van der Waals surface area contributed by atoms with Gasteiger partial charge in [0, 0.05) is 24.0 Å². The van der Waals surface area contributed by atoms with Crippen LogP contribution in [0.3, 0.4) is 0 Å². The van der Waals surface area contributed by atoms with Crippen molar-refractivity contribution in [2.45, 2.75) is 19.0 Å². The molecule has 1 aromatic carbocycles. The fraction of sp³-hybridized carbons (Fsp3) is 0.211. The van der Waals surface area contributed by atoms with Crippen LogP contribution in [-0.4, -0.2) is 15.8 Å². The summed E-state index contributed by atoms with van der Waals surface area (Å²) >= 11 is 0. The lowest BCUT2D eigenvalue weighted by Gasteiger charge is -2.10. The van der Waals surface area contributed by atoms with Gasteiger partial charge in [0.1, 0.15) is 0 Å². The molecule has 0 aliphatic heterocycles. The first-order chi connectivity index (χ1) is 12.9. The Kier molecular flexibility index (Phi) is 4.18. The number of halogens is 3. The van der Waals surface area contributed by atoms with Crippen LogP contribution >= 0.6 is 0 Å². The number of aliphatic imine (C=N–C) groups is 1. The molecule has 5 nitrogen and oxygen atoms in total. The Hall–Kier alpha value is -3.16. The van der Waals surface area contributed by atoms with Crippen LogP contribution in [0.15, 0.2) is 57.1 Å². The van der Waals surface area contributed by atoms with Gasteiger partial charge in [-0.25, -0.2) is 4.98 Å². The summed E-state index contributed by atoms with van der Waals surface area (Å²) in [5.74, 6) is 0.542. The molecule has 1 aliphatic rings. The predicted octanol–water partition coefficient (Wildman–Crippen LogP) is 4.63. The van der Waals surface area contributed by atoms with Crippen molar-refractivity contribution in [3.05, 3.63) is 58.9 Å². The second kappa shape index (κ2) is 6.53. The van der Waals surface area contributed by atoms with Crippen LogP contribution in [0.5, 0.6) is 0 Å². The molecule has 0 radical (unpaired) electrons. The second-order valence-electron chi connectivity index (χ2n) is 6.25. The van der Waals surface area contributed by atoms with E-state index in [4.69, 9.17) is 4.42 Å². The van der Waals surface area contributed by atoms with Crippen molar-refractivity contribution in [2.75, 3.05) is 0 Å². The van der Waals surface area contributed by atoms with E-state index in [1.807, 2.05) is 6.21 Å². The minimum atomic E-state index is -4.52. The predicted molar refractivity (Wildman–Crippen MR) is 96.5 cm³/mol. The van der Waals surface area contributed by atoms with Gasteiger partial charge in [0.15, 0.2) is 17.5 Å². The summed E-state index contributed by atoms with van der Waals surface area (Å²) in [5.41, 5.74) is -1.09. The summed E-state index contributed by atoms with van der Waals surface area (Å²) in [6.45, 7) is 0. The quantitative estimate of drug-likeness (QED) is 0.495. The topological polar surface area (TPSA) is 60.4 Å². The lowest BCUT2D eigenvalue weighted by atomic mass is 10.1. The number of fused-ring (bicyclic) bond motifs is 3. The molecule has 0 N–H and O–H groups in total. The van der Waals surface area contributed by atoms with Gasteiger partial charge in [-0.15, -0.1) is 0 Å². The molecule has 0 spiro atoms. The van der Waals surface area contributed by atoms with Crippen LogP contribution in [0.2, 0.25) is 0 Å². The molecular weight excluding hydrogens is 359 g/mol. The van der Waals surface area contributed by atoms with Gasteiger partial charge in [-0.05, 0) is 49.1 Å². The molecule has 4 rings (SSSR count). The third-order valence-electron chi connectivity index (χ3n) is 4.26. The first-order valence-corrected chi connectivity index (χ1v) is 8.30. The number of aromatic nitrogens is 2. The maximum atomic E-state index is 13.1. The van der Waals surface area contributed by atoms with Crippen molar-refractivity contribution in [3.8, 4) is 0 Å².